The molecule has 0 atom stereocenters. The number of benzene rings is 1. The second kappa shape index (κ2) is 5.46. The van der Waals surface area contributed by atoms with Crippen molar-refractivity contribution >= 4 is 0 Å². The molecular formula is C14H24N2. The van der Waals surface area contributed by atoms with Crippen LogP contribution in [-0.4, -0.2) is 5.54 Å². The fourth-order valence-electron chi connectivity index (χ4n) is 1.33. The van der Waals surface area contributed by atoms with Crippen LogP contribution in [0.3, 0.4) is 0 Å². The highest BCUT2D eigenvalue weighted by Crippen LogP contribution is 2.16. The number of nitrogens with two attached hydrogens (primary N) is 1. The van der Waals surface area contributed by atoms with E-state index >= 15 is 0 Å². The predicted octanol–water partition coefficient (Wildman–Crippen LogP) is 2.67. The van der Waals surface area contributed by atoms with Crippen LogP contribution in [0.5, 0.6) is 0 Å². The van der Waals surface area contributed by atoms with Crippen molar-refractivity contribution in [1.29, 1.82) is 0 Å². The van der Waals surface area contributed by atoms with Gasteiger partial charge in [0, 0.05) is 18.6 Å². The monoisotopic (exact) mass is 220 g/mol. The first kappa shape index (κ1) is 13.2. The molecule has 90 valence electrons. The molecule has 16 heavy (non-hydrogen) atoms. The highest BCUT2D eigenvalue weighted by molar-refractivity contribution is 5.22. The standard InChI is InChI=1S/C14H24N2/c1-11(2)14(3,4)16-10-13-7-5-12(9-15)6-8-13/h5-8,11,16H,9-10,15H2,1-4H3. The van der Waals surface area contributed by atoms with Gasteiger partial charge in [0.25, 0.3) is 0 Å². The molecule has 0 saturated carbocycles. The maximum Gasteiger partial charge on any atom is 0.0210 e. The van der Waals surface area contributed by atoms with Crippen molar-refractivity contribution in [3.05, 3.63) is 35.4 Å². The minimum atomic E-state index is 0.173. The third-order valence-electron chi connectivity index (χ3n) is 3.45. The Kier molecular flexibility index (Phi) is 4.51. The first-order chi connectivity index (χ1) is 7.45. The number of hydrogen-bond donors (Lipinski definition) is 2. The van der Waals surface area contributed by atoms with Gasteiger partial charge in [-0.25, -0.2) is 0 Å². The smallest absolute Gasteiger partial charge is 0.0210 e. The summed E-state index contributed by atoms with van der Waals surface area (Å²) in [6.07, 6.45) is 0. The molecule has 0 aliphatic rings. The molecule has 0 aliphatic carbocycles. The Morgan fingerprint density at radius 1 is 1.12 bits per heavy atom. The first-order valence-corrected chi connectivity index (χ1v) is 5.98. The van der Waals surface area contributed by atoms with Crippen molar-refractivity contribution < 1.29 is 0 Å². The largest absolute Gasteiger partial charge is 0.326 e. The molecule has 0 bridgehead atoms. The zero-order chi connectivity index (χ0) is 12.2. The van der Waals surface area contributed by atoms with Gasteiger partial charge < -0.3 is 11.1 Å². The first-order valence-electron chi connectivity index (χ1n) is 5.98. The normalized spacial score (nSPS) is 12.1. The molecule has 0 aromatic heterocycles. The van der Waals surface area contributed by atoms with E-state index in [0.29, 0.717) is 12.5 Å². The molecule has 1 aromatic carbocycles. The van der Waals surface area contributed by atoms with Crippen LogP contribution in [0.1, 0.15) is 38.8 Å². The average Bonchev–Trinajstić information content (AvgIpc) is 2.27. The molecule has 0 radical (unpaired) electrons. The van der Waals surface area contributed by atoms with Gasteiger partial charge in [0.05, 0.1) is 0 Å². The van der Waals surface area contributed by atoms with Crippen LogP contribution < -0.4 is 11.1 Å². The Morgan fingerprint density at radius 2 is 1.62 bits per heavy atom. The summed E-state index contributed by atoms with van der Waals surface area (Å²) in [4.78, 5) is 0. The van der Waals surface area contributed by atoms with E-state index < -0.39 is 0 Å². The molecule has 0 spiro atoms. The molecular weight excluding hydrogens is 196 g/mol. The molecule has 0 heterocycles. The lowest BCUT2D eigenvalue weighted by molar-refractivity contribution is 0.286. The van der Waals surface area contributed by atoms with Crippen molar-refractivity contribution in [2.45, 2.75) is 46.3 Å². The van der Waals surface area contributed by atoms with Crippen LogP contribution in [0.25, 0.3) is 0 Å². The molecule has 3 N–H and O–H groups in total. The van der Waals surface area contributed by atoms with Crippen molar-refractivity contribution in [2.24, 2.45) is 11.7 Å². The summed E-state index contributed by atoms with van der Waals surface area (Å²) >= 11 is 0. The van der Waals surface area contributed by atoms with Gasteiger partial charge in [0.2, 0.25) is 0 Å². The van der Waals surface area contributed by atoms with Crippen LogP contribution in [0.2, 0.25) is 0 Å². The highest BCUT2D eigenvalue weighted by Gasteiger charge is 2.20. The summed E-state index contributed by atoms with van der Waals surface area (Å²) in [5.41, 5.74) is 8.24. The van der Waals surface area contributed by atoms with Gasteiger partial charge in [-0.1, -0.05) is 38.1 Å². The molecule has 0 fully saturated rings. The Labute approximate surface area is 99.2 Å². The SMILES string of the molecule is CC(C)C(C)(C)NCc1ccc(CN)cc1. The lowest BCUT2D eigenvalue weighted by Crippen LogP contribution is -2.43. The van der Waals surface area contributed by atoms with Gasteiger partial charge >= 0.3 is 0 Å². The summed E-state index contributed by atoms with van der Waals surface area (Å²) in [7, 11) is 0. The predicted molar refractivity (Wildman–Crippen MR) is 70.1 cm³/mol. The summed E-state index contributed by atoms with van der Waals surface area (Å²) in [6, 6.07) is 8.48. The lowest BCUT2D eigenvalue weighted by Gasteiger charge is -2.30. The average molecular weight is 220 g/mol. The van der Waals surface area contributed by atoms with Crippen molar-refractivity contribution in [3.8, 4) is 0 Å². The molecule has 0 unspecified atom stereocenters. The summed E-state index contributed by atoms with van der Waals surface area (Å²) in [5, 5.41) is 3.58. The number of hydrogen-bond acceptors (Lipinski definition) is 2. The van der Waals surface area contributed by atoms with E-state index in [2.05, 4.69) is 57.3 Å². The number of nitrogens with one attached hydrogen (secondary N) is 1. The van der Waals surface area contributed by atoms with E-state index in [9.17, 15) is 0 Å². The molecule has 1 aromatic rings. The summed E-state index contributed by atoms with van der Waals surface area (Å²) < 4.78 is 0. The zero-order valence-corrected chi connectivity index (χ0v) is 10.9. The van der Waals surface area contributed by atoms with Crippen LogP contribution in [0, 0.1) is 5.92 Å². The molecule has 2 nitrogen and oxygen atoms in total. The van der Waals surface area contributed by atoms with Crippen LogP contribution in [0.15, 0.2) is 24.3 Å². The van der Waals surface area contributed by atoms with Crippen molar-refractivity contribution in [2.75, 3.05) is 0 Å². The fraction of sp³-hybridized carbons (Fsp3) is 0.571. The third-order valence-corrected chi connectivity index (χ3v) is 3.45. The van der Waals surface area contributed by atoms with E-state index in [1.807, 2.05) is 0 Å². The van der Waals surface area contributed by atoms with Crippen LogP contribution >= 0.6 is 0 Å². The maximum atomic E-state index is 5.57. The minimum absolute atomic E-state index is 0.173. The zero-order valence-electron chi connectivity index (χ0n) is 10.9. The van der Waals surface area contributed by atoms with Crippen molar-refractivity contribution in [3.63, 3.8) is 0 Å². The van der Waals surface area contributed by atoms with Gasteiger partial charge in [-0.15, -0.1) is 0 Å². The third kappa shape index (κ3) is 3.62. The van der Waals surface area contributed by atoms with Gasteiger partial charge in [0.15, 0.2) is 0 Å². The molecule has 0 amide bonds. The topological polar surface area (TPSA) is 38.0 Å². The van der Waals surface area contributed by atoms with E-state index in [1.54, 1.807) is 0 Å². The summed E-state index contributed by atoms with van der Waals surface area (Å²) in [5.74, 6) is 0.621. The van der Waals surface area contributed by atoms with Gasteiger partial charge in [-0.2, -0.15) is 0 Å². The quantitative estimate of drug-likeness (QED) is 0.800. The molecule has 1 rings (SSSR count). The van der Waals surface area contributed by atoms with E-state index in [1.165, 1.54) is 11.1 Å². The molecule has 2 heteroatoms. The Bertz CT molecular complexity index is 312. The van der Waals surface area contributed by atoms with Gasteiger partial charge in [-0.05, 0) is 30.9 Å². The Morgan fingerprint density at radius 3 is 2.06 bits per heavy atom. The van der Waals surface area contributed by atoms with Gasteiger partial charge in [0.1, 0.15) is 0 Å². The fourth-order valence-corrected chi connectivity index (χ4v) is 1.33. The molecule has 0 aliphatic heterocycles. The Balaban J connectivity index is 2.54. The number of rotatable bonds is 5. The van der Waals surface area contributed by atoms with Crippen LogP contribution in [-0.2, 0) is 13.1 Å². The van der Waals surface area contributed by atoms with E-state index in [0.717, 1.165) is 6.54 Å². The van der Waals surface area contributed by atoms with E-state index in [4.69, 9.17) is 5.73 Å². The summed E-state index contributed by atoms with van der Waals surface area (Å²) in [6.45, 7) is 10.5. The highest BCUT2D eigenvalue weighted by atomic mass is 15.0. The molecule has 0 saturated heterocycles. The second-order valence-corrected chi connectivity index (χ2v) is 5.25. The van der Waals surface area contributed by atoms with Crippen molar-refractivity contribution in [1.82, 2.24) is 5.32 Å². The Hall–Kier alpha value is -0.860. The lowest BCUT2D eigenvalue weighted by atomic mass is 9.90. The van der Waals surface area contributed by atoms with E-state index in [-0.39, 0.29) is 5.54 Å². The van der Waals surface area contributed by atoms with Gasteiger partial charge in [-0.3, -0.25) is 0 Å². The second-order valence-electron chi connectivity index (χ2n) is 5.25. The van der Waals surface area contributed by atoms with Crippen LogP contribution in [0.4, 0.5) is 0 Å². The maximum absolute atomic E-state index is 5.57. The minimum Gasteiger partial charge on any atom is -0.326 e.